The lowest BCUT2D eigenvalue weighted by Crippen LogP contribution is -2.21. The van der Waals surface area contributed by atoms with Gasteiger partial charge < -0.3 is 5.32 Å². The predicted octanol–water partition coefficient (Wildman–Crippen LogP) is 4.49. The smallest absolute Gasteiger partial charge is 0.292 e. The molecule has 4 nitrogen and oxygen atoms in total. The molecule has 1 aromatic rings. The first-order chi connectivity index (χ1) is 9.06. The van der Waals surface area contributed by atoms with Crippen LogP contribution in [0.1, 0.15) is 32.6 Å². The van der Waals surface area contributed by atoms with E-state index in [2.05, 4.69) is 12.2 Å². The summed E-state index contributed by atoms with van der Waals surface area (Å²) in [6, 6.07) is 4.63. The number of hydrogen-bond donors (Lipinski definition) is 1. The molecular formula is C14H19ClN2O2. The topological polar surface area (TPSA) is 55.2 Å². The molecule has 104 valence electrons. The summed E-state index contributed by atoms with van der Waals surface area (Å²) in [4.78, 5) is 10.6. The SMILES string of the molecule is CC1CCCC(CNc2cc(Cl)ccc2[N+](=O)[O-])C1. The van der Waals surface area contributed by atoms with Crippen LogP contribution in [0.25, 0.3) is 0 Å². The molecule has 2 unspecified atom stereocenters. The van der Waals surface area contributed by atoms with Crippen LogP contribution in [-0.2, 0) is 0 Å². The highest BCUT2D eigenvalue weighted by Crippen LogP contribution is 2.31. The zero-order valence-electron chi connectivity index (χ0n) is 11.1. The molecule has 0 bridgehead atoms. The van der Waals surface area contributed by atoms with Crippen molar-refractivity contribution in [2.45, 2.75) is 32.6 Å². The molecular weight excluding hydrogens is 264 g/mol. The third-order valence-electron chi connectivity index (χ3n) is 3.78. The third kappa shape index (κ3) is 3.83. The van der Waals surface area contributed by atoms with Gasteiger partial charge in [0.05, 0.1) is 4.92 Å². The van der Waals surface area contributed by atoms with Crippen molar-refractivity contribution < 1.29 is 4.92 Å². The fourth-order valence-corrected chi connectivity index (χ4v) is 2.98. The minimum absolute atomic E-state index is 0.0910. The lowest BCUT2D eigenvalue weighted by Gasteiger charge is -2.27. The zero-order valence-corrected chi connectivity index (χ0v) is 11.8. The van der Waals surface area contributed by atoms with E-state index in [0.717, 1.165) is 12.5 Å². The van der Waals surface area contributed by atoms with Gasteiger partial charge in [-0.2, -0.15) is 0 Å². The Morgan fingerprint density at radius 1 is 1.47 bits per heavy atom. The summed E-state index contributed by atoms with van der Waals surface area (Å²) in [7, 11) is 0. The number of nitrogens with one attached hydrogen (secondary N) is 1. The average molecular weight is 283 g/mol. The maximum absolute atomic E-state index is 11.0. The van der Waals surface area contributed by atoms with E-state index in [9.17, 15) is 10.1 Å². The second-order valence-electron chi connectivity index (χ2n) is 5.44. The second-order valence-corrected chi connectivity index (χ2v) is 5.87. The molecule has 1 saturated carbocycles. The van der Waals surface area contributed by atoms with E-state index in [4.69, 9.17) is 11.6 Å². The standard InChI is InChI=1S/C14H19ClN2O2/c1-10-3-2-4-11(7-10)9-16-13-8-12(15)5-6-14(13)17(18)19/h5-6,8,10-11,16H,2-4,7,9H2,1H3. The predicted molar refractivity (Wildman–Crippen MR) is 77.7 cm³/mol. The molecule has 1 N–H and O–H groups in total. The number of halogens is 1. The van der Waals surface area contributed by atoms with Crippen molar-refractivity contribution in [2.24, 2.45) is 11.8 Å². The fourth-order valence-electron chi connectivity index (χ4n) is 2.81. The minimum Gasteiger partial charge on any atom is -0.379 e. The lowest BCUT2D eigenvalue weighted by molar-refractivity contribution is -0.384. The van der Waals surface area contributed by atoms with Crippen LogP contribution in [0.3, 0.4) is 0 Å². The Kier molecular flexibility index (Phi) is 4.64. The monoisotopic (exact) mass is 282 g/mol. The summed E-state index contributed by atoms with van der Waals surface area (Å²) in [5, 5.41) is 14.7. The van der Waals surface area contributed by atoms with Gasteiger partial charge in [0.15, 0.2) is 0 Å². The van der Waals surface area contributed by atoms with Crippen LogP contribution in [0.15, 0.2) is 18.2 Å². The summed E-state index contributed by atoms with van der Waals surface area (Å²) in [6.07, 6.45) is 4.95. The van der Waals surface area contributed by atoms with Crippen molar-refractivity contribution in [3.05, 3.63) is 33.3 Å². The Morgan fingerprint density at radius 3 is 2.95 bits per heavy atom. The molecule has 0 aromatic heterocycles. The van der Waals surface area contributed by atoms with E-state index < -0.39 is 0 Å². The zero-order chi connectivity index (χ0) is 13.8. The first-order valence-corrected chi connectivity index (χ1v) is 7.12. The third-order valence-corrected chi connectivity index (χ3v) is 4.02. The van der Waals surface area contributed by atoms with Gasteiger partial charge in [-0.3, -0.25) is 10.1 Å². The van der Waals surface area contributed by atoms with Crippen LogP contribution in [-0.4, -0.2) is 11.5 Å². The van der Waals surface area contributed by atoms with Crippen molar-refractivity contribution in [3.8, 4) is 0 Å². The number of nitro benzene ring substituents is 1. The Hall–Kier alpha value is -1.29. The molecule has 1 aliphatic carbocycles. The first-order valence-electron chi connectivity index (χ1n) is 6.74. The van der Waals surface area contributed by atoms with E-state index in [1.165, 1.54) is 31.7 Å². The maximum Gasteiger partial charge on any atom is 0.292 e. The van der Waals surface area contributed by atoms with Crippen molar-refractivity contribution in [2.75, 3.05) is 11.9 Å². The van der Waals surface area contributed by atoms with Gasteiger partial charge in [0.2, 0.25) is 0 Å². The average Bonchev–Trinajstić information content (AvgIpc) is 2.36. The Labute approximate surface area is 118 Å². The molecule has 0 spiro atoms. The van der Waals surface area contributed by atoms with Crippen LogP contribution in [0.2, 0.25) is 5.02 Å². The number of anilines is 1. The van der Waals surface area contributed by atoms with E-state index in [0.29, 0.717) is 16.6 Å². The van der Waals surface area contributed by atoms with Gasteiger partial charge in [-0.25, -0.2) is 0 Å². The summed E-state index contributed by atoms with van der Waals surface area (Å²) in [6.45, 7) is 3.06. The molecule has 0 radical (unpaired) electrons. The lowest BCUT2D eigenvalue weighted by atomic mass is 9.82. The van der Waals surface area contributed by atoms with E-state index >= 15 is 0 Å². The van der Waals surface area contributed by atoms with Gasteiger partial charge in [0, 0.05) is 17.6 Å². The normalized spacial score (nSPS) is 23.1. The van der Waals surface area contributed by atoms with Gasteiger partial charge in [0.1, 0.15) is 5.69 Å². The van der Waals surface area contributed by atoms with Crippen LogP contribution in [0, 0.1) is 22.0 Å². The van der Waals surface area contributed by atoms with Gasteiger partial charge in [0.25, 0.3) is 5.69 Å². The molecule has 0 heterocycles. The number of nitro groups is 1. The Bertz CT molecular complexity index is 465. The largest absolute Gasteiger partial charge is 0.379 e. The number of nitrogens with zero attached hydrogens (tertiary/aromatic N) is 1. The summed E-state index contributed by atoms with van der Waals surface area (Å²) in [5.41, 5.74) is 0.615. The molecule has 0 aliphatic heterocycles. The molecule has 1 aromatic carbocycles. The molecule has 19 heavy (non-hydrogen) atoms. The van der Waals surface area contributed by atoms with E-state index in [1.807, 2.05) is 0 Å². The molecule has 5 heteroatoms. The van der Waals surface area contributed by atoms with Crippen molar-refractivity contribution in [3.63, 3.8) is 0 Å². The van der Waals surface area contributed by atoms with Crippen LogP contribution < -0.4 is 5.32 Å². The van der Waals surface area contributed by atoms with Crippen molar-refractivity contribution >= 4 is 23.0 Å². The number of benzene rings is 1. The molecule has 2 rings (SSSR count). The minimum atomic E-state index is -0.373. The van der Waals surface area contributed by atoms with Gasteiger partial charge in [-0.05, 0) is 36.8 Å². The van der Waals surface area contributed by atoms with Crippen LogP contribution in [0.5, 0.6) is 0 Å². The highest BCUT2D eigenvalue weighted by atomic mass is 35.5. The Balaban J connectivity index is 2.02. The molecule has 2 atom stereocenters. The van der Waals surface area contributed by atoms with Crippen LogP contribution >= 0.6 is 11.6 Å². The van der Waals surface area contributed by atoms with E-state index in [-0.39, 0.29) is 10.6 Å². The number of rotatable bonds is 4. The molecule has 0 amide bonds. The molecule has 0 saturated heterocycles. The summed E-state index contributed by atoms with van der Waals surface area (Å²) in [5.74, 6) is 1.36. The van der Waals surface area contributed by atoms with Gasteiger partial charge in [-0.15, -0.1) is 0 Å². The van der Waals surface area contributed by atoms with Gasteiger partial charge in [-0.1, -0.05) is 31.4 Å². The second kappa shape index (κ2) is 6.24. The number of hydrogen-bond acceptors (Lipinski definition) is 3. The maximum atomic E-state index is 11.0. The Morgan fingerprint density at radius 2 is 2.26 bits per heavy atom. The molecule has 1 fully saturated rings. The van der Waals surface area contributed by atoms with Crippen molar-refractivity contribution in [1.82, 2.24) is 0 Å². The van der Waals surface area contributed by atoms with Gasteiger partial charge >= 0.3 is 0 Å². The first kappa shape index (κ1) is 14.1. The summed E-state index contributed by atoms with van der Waals surface area (Å²) < 4.78 is 0. The molecule has 1 aliphatic rings. The quantitative estimate of drug-likeness (QED) is 0.654. The van der Waals surface area contributed by atoms with Crippen LogP contribution in [0.4, 0.5) is 11.4 Å². The van der Waals surface area contributed by atoms with E-state index in [1.54, 1.807) is 12.1 Å². The fraction of sp³-hybridized carbons (Fsp3) is 0.571. The van der Waals surface area contributed by atoms with Crippen molar-refractivity contribution in [1.29, 1.82) is 0 Å². The highest BCUT2D eigenvalue weighted by molar-refractivity contribution is 6.31. The summed E-state index contributed by atoms with van der Waals surface area (Å²) >= 11 is 5.90. The highest BCUT2D eigenvalue weighted by Gasteiger charge is 2.20.